The Morgan fingerprint density at radius 2 is 2.22 bits per heavy atom. The molecule has 4 N–H and O–H groups in total. The Labute approximate surface area is 108 Å². The molecule has 1 saturated heterocycles. The summed E-state index contributed by atoms with van der Waals surface area (Å²) in [7, 11) is 1.50. The second-order valence-corrected chi connectivity index (χ2v) is 5.56. The van der Waals surface area contributed by atoms with Gasteiger partial charge in [-0.05, 0) is 13.0 Å². The topological polar surface area (TPSA) is 81.6 Å². The van der Waals surface area contributed by atoms with E-state index in [0.717, 1.165) is 0 Å². The lowest BCUT2D eigenvalue weighted by atomic mass is 9.80. The number of ether oxygens (including phenoxy) is 1. The maximum Gasteiger partial charge on any atom is 0.239 e. The van der Waals surface area contributed by atoms with Crippen molar-refractivity contribution >= 4 is 5.91 Å². The summed E-state index contributed by atoms with van der Waals surface area (Å²) in [5.41, 5.74) is 10.7. The van der Waals surface area contributed by atoms with Gasteiger partial charge in [0.1, 0.15) is 6.17 Å². The van der Waals surface area contributed by atoms with Crippen LogP contribution in [-0.4, -0.2) is 55.9 Å². The van der Waals surface area contributed by atoms with Crippen LogP contribution in [0.1, 0.15) is 20.3 Å². The first kappa shape index (κ1) is 15.3. The minimum Gasteiger partial charge on any atom is -0.378 e. The zero-order valence-electron chi connectivity index (χ0n) is 11.4. The molecule has 1 aliphatic heterocycles. The van der Waals surface area contributed by atoms with E-state index in [2.05, 4.69) is 0 Å². The molecule has 0 aromatic rings. The Balaban J connectivity index is 2.74. The maximum atomic E-state index is 14.0. The van der Waals surface area contributed by atoms with Gasteiger partial charge in [0, 0.05) is 19.1 Å². The summed E-state index contributed by atoms with van der Waals surface area (Å²) in [6, 6.07) is -0.642. The number of piperidine rings is 1. The van der Waals surface area contributed by atoms with Crippen molar-refractivity contribution in [2.75, 3.05) is 26.7 Å². The molecule has 1 heterocycles. The number of carbonyl (C=O) groups is 1. The molecule has 1 unspecified atom stereocenters. The molecule has 0 aromatic carbocycles. The molecular weight excluding hydrogens is 237 g/mol. The minimum absolute atomic E-state index is 0.0407. The molecule has 5 nitrogen and oxygen atoms in total. The van der Waals surface area contributed by atoms with Gasteiger partial charge in [0.2, 0.25) is 5.91 Å². The van der Waals surface area contributed by atoms with Crippen molar-refractivity contribution in [3.05, 3.63) is 0 Å². The predicted molar refractivity (Wildman–Crippen MR) is 67.7 cm³/mol. The monoisotopic (exact) mass is 261 g/mol. The number of hydrogen-bond donors (Lipinski definition) is 2. The van der Waals surface area contributed by atoms with E-state index in [1.807, 2.05) is 13.8 Å². The van der Waals surface area contributed by atoms with Crippen molar-refractivity contribution in [1.29, 1.82) is 0 Å². The van der Waals surface area contributed by atoms with E-state index in [0.29, 0.717) is 19.5 Å². The Hall–Kier alpha value is -0.720. The number of amides is 1. The van der Waals surface area contributed by atoms with Crippen molar-refractivity contribution < 1.29 is 13.9 Å². The quantitative estimate of drug-likeness (QED) is 0.739. The van der Waals surface area contributed by atoms with Crippen molar-refractivity contribution in [2.24, 2.45) is 16.9 Å². The molecular formula is C12H24FN3O2. The molecule has 0 saturated carbocycles. The van der Waals surface area contributed by atoms with Crippen LogP contribution in [-0.2, 0) is 9.53 Å². The summed E-state index contributed by atoms with van der Waals surface area (Å²) in [6.45, 7) is 4.62. The Morgan fingerprint density at radius 1 is 1.61 bits per heavy atom. The van der Waals surface area contributed by atoms with Gasteiger partial charge in [0.05, 0.1) is 18.7 Å². The summed E-state index contributed by atoms with van der Waals surface area (Å²) in [4.78, 5) is 13.5. The number of methoxy groups -OCH3 is 1. The zero-order chi connectivity index (χ0) is 13.9. The fraction of sp³-hybridized carbons (Fsp3) is 0.917. The molecule has 6 heteroatoms. The standard InChI is InChI=1S/C12H24FN3O2/c1-12(2)7-16(6-8(13)10(12)18-3)11(17)9(15)4-5-14/h8-10H,4-7,14-15H2,1-3H3/t8-,9?,10-/m1/s1. The molecule has 1 aliphatic rings. The first-order chi connectivity index (χ1) is 8.33. The number of hydrogen-bond acceptors (Lipinski definition) is 4. The highest BCUT2D eigenvalue weighted by Gasteiger charge is 2.44. The van der Waals surface area contributed by atoms with E-state index in [1.165, 1.54) is 12.0 Å². The van der Waals surface area contributed by atoms with Gasteiger partial charge in [-0.25, -0.2) is 4.39 Å². The van der Waals surface area contributed by atoms with Crippen LogP contribution in [0.4, 0.5) is 4.39 Å². The maximum absolute atomic E-state index is 14.0. The molecule has 0 radical (unpaired) electrons. The third-order valence-electron chi connectivity index (χ3n) is 3.45. The average molecular weight is 261 g/mol. The number of nitrogens with zero attached hydrogens (tertiary/aromatic N) is 1. The van der Waals surface area contributed by atoms with Crippen LogP contribution in [0.3, 0.4) is 0 Å². The molecule has 106 valence electrons. The highest BCUT2D eigenvalue weighted by Crippen LogP contribution is 2.33. The van der Waals surface area contributed by atoms with Gasteiger partial charge in [-0.3, -0.25) is 4.79 Å². The third-order valence-corrected chi connectivity index (χ3v) is 3.45. The van der Waals surface area contributed by atoms with Crippen molar-refractivity contribution in [2.45, 2.75) is 38.6 Å². The summed E-state index contributed by atoms with van der Waals surface area (Å²) < 4.78 is 19.2. The van der Waals surface area contributed by atoms with Gasteiger partial charge in [0.25, 0.3) is 0 Å². The average Bonchev–Trinajstić information content (AvgIpc) is 2.26. The lowest BCUT2D eigenvalue weighted by molar-refractivity contribution is -0.148. The van der Waals surface area contributed by atoms with Crippen LogP contribution in [0.2, 0.25) is 0 Å². The molecule has 3 atom stereocenters. The Bertz CT molecular complexity index is 299. The van der Waals surface area contributed by atoms with Crippen molar-refractivity contribution in [3.63, 3.8) is 0 Å². The lowest BCUT2D eigenvalue weighted by Crippen LogP contribution is -2.60. The number of rotatable bonds is 4. The van der Waals surface area contributed by atoms with E-state index >= 15 is 0 Å². The summed E-state index contributed by atoms with van der Waals surface area (Å²) in [6.07, 6.45) is -1.26. The van der Waals surface area contributed by atoms with Gasteiger partial charge >= 0.3 is 0 Å². The second-order valence-electron chi connectivity index (χ2n) is 5.56. The normalized spacial score (nSPS) is 29.1. The smallest absolute Gasteiger partial charge is 0.239 e. The molecule has 0 aromatic heterocycles. The Morgan fingerprint density at radius 3 is 2.67 bits per heavy atom. The molecule has 1 rings (SSSR count). The highest BCUT2D eigenvalue weighted by atomic mass is 19.1. The third kappa shape index (κ3) is 3.18. The van der Waals surface area contributed by atoms with E-state index in [1.54, 1.807) is 0 Å². The fourth-order valence-corrected chi connectivity index (χ4v) is 2.61. The molecule has 1 fully saturated rings. The second kappa shape index (κ2) is 5.95. The van der Waals surface area contributed by atoms with Crippen molar-refractivity contribution in [3.8, 4) is 0 Å². The van der Waals surface area contributed by atoms with Crippen LogP contribution in [0, 0.1) is 5.41 Å². The van der Waals surface area contributed by atoms with Crippen LogP contribution < -0.4 is 11.5 Å². The van der Waals surface area contributed by atoms with Gasteiger partial charge < -0.3 is 21.1 Å². The predicted octanol–water partition coefficient (Wildman–Crippen LogP) is -0.116. The van der Waals surface area contributed by atoms with E-state index in [-0.39, 0.29) is 12.5 Å². The largest absolute Gasteiger partial charge is 0.378 e. The van der Waals surface area contributed by atoms with Crippen LogP contribution in [0.5, 0.6) is 0 Å². The van der Waals surface area contributed by atoms with Gasteiger partial charge in [-0.2, -0.15) is 0 Å². The first-order valence-electron chi connectivity index (χ1n) is 6.24. The number of nitrogens with two attached hydrogens (primary N) is 2. The van der Waals surface area contributed by atoms with Gasteiger partial charge in [-0.15, -0.1) is 0 Å². The summed E-state index contributed by atoms with van der Waals surface area (Å²) in [5.74, 6) is -0.231. The minimum atomic E-state index is -1.19. The van der Waals surface area contributed by atoms with E-state index < -0.39 is 23.7 Å². The fourth-order valence-electron chi connectivity index (χ4n) is 2.61. The lowest BCUT2D eigenvalue weighted by Gasteiger charge is -2.45. The number of alkyl halides is 1. The summed E-state index contributed by atoms with van der Waals surface area (Å²) in [5, 5.41) is 0. The van der Waals surface area contributed by atoms with Gasteiger partial charge in [-0.1, -0.05) is 13.8 Å². The molecule has 0 spiro atoms. The molecule has 1 amide bonds. The SMILES string of the molecule is CO[C@@H]1[C@H](F)CN(C(=O)C(N)CCN)CC1(C)C. The number of halogens is 1. The number of carbonyl (C=O) groups excluding carboxylic acids is 1. The Kier molecular flexibility index (Phi) is 5.07. The molecule has 18 heavy (non-hydrogen) atoms. The number of likely N-dealkylation sites (tertiary alicyclic amines) is 1. The van der Waals surface area contributed by atoms with Crippen LogP contribution in [0.25, 0.3) is 0 Å². The van der Waals surface area contributed by atoms with Crippen LogP contribution in [0.15, 0.2) is 0 Å². The highest BCUT2D eigenvalue weighted by molar-refractivity contribution is 5.81. The van der Waals surface area contributed by atoms with Crippen molar-refractivity contribution in [1.82, 2.24) is 4.90 Å². The van der Waals surface area contributed by atoms with E-state index in [9.17, 15) is 9.18 Å². The zero-order valence-corrected chi connectivity index (χ0v) is 11.4. The first-order valence-corrected chi connectivity index (χ1v) is 6.24. The van der Waals surface area contributed by atoms with Crippen LogP contribution >= 0.6 is 0 Å². The summed E-state index contributed by atoms with van der Waals surface area (Å²) >= 11 is 0. The molecule has 0 bridgehead atoms. The van der Waals surface area contributed by atoms with E-state index in [4.69, 9.17) is 16.2 Å². The van der Waals surface area contributed by atoms with Gasteiger partial charge in [0.15, 0.2) is 0 Å². The molecule has 0 aliphatic carbocycles.